The van der Waals surface area contributed by atoms with E-state index in [0.717, 1.165) is 19.3 Å². The van der Waals surface area contributed by atoms with Crippen LogP contribution in [0, 0.1) is 0 Å². The molecule has 0 radical (unpaired) electrons. The van der Waals surface area contributed by atoms with Gasteiger partial charge in [0.05, 0.1) is 6.61 Å². The Hall–Kier alpha value is -1.55. The molecule has 4 heteroatoms. The molecule has 1 atom stereocenters. The third kappa shape index (κ3) is 5.75. The lowest BCUT2D eigenvalue weighted by Gasteiger charge is -2.23. The first-order valence-corrected chi connectivity index (χ1v) is 6.83. The Labute approximate surface area is 115 Å². The van der Waals surface area contributed by atoms with Crippen LogP contribution in [0.3, 0.4) is 0 Å². The summed E-state index contributed by atoms with van der Waals surface area (Å²) in [7, 11) is 1.69. The fourth-order valence-electron chi connectivity index (χ4n) is 2.01. The topological polar surface area (TPSA) is 52.6 Å². The molecule has 1 unspecified atom stereocenters. The van der Waals surface area contributed by atoms with E-state index in [1.54, 1.807) is 7.05 Å². The van der Waals surface area contributed by atoms with Gasteiger partial charge in [0.15, 0.2) is 0 Å². The fraction of sp³-hybridized carbons (Fsp3) is 0.533. The zero-order chi connectivity index (χ0) is 14.1. The molecule has 1 aromatic carbocycles. The first-order valence-electron chi connectivity index (χ1n) is 6.83. The van der Waals surface area contributed by atoms with Crippen molar-refractivity contribution in [2.24, 2.45) is 0 Å². The first kappa shape index (κ1) is 15.5. The number of hydrogen-bond donors (Lipinski definition) is 2. The number of nitrogens with one attached hydrogen (secondary N) is 1. The van der Waals surface area contributed by atoms with E-state index in [2.05, 4.69) is 24.4 Å². The van der Waals surface area contributed by atoms with Crippen LogP contribution in [0.5, 0.6) is 0 Å². The Kier molecular flexibility index (Phi) is 6.97. The van der Waals surface area contributed by atoms with E-state index >= 15 is 0 Å². The van der Waals surface area contributed by atoms with Crippen LogP contribution in [0.15, 0.2) is 30.3 Å². The molecule has 2 amide bonds. The van der Waals surface area contributed by atoms with Gasteiger partial charge in [0.2, 0.25) is 0 Å². The van der Waals surface area contributed by atoms with Crippen molar-refractivity contribution in [3.8, 4) is 0 Å². The third-order valence-electron chi connectivity index (χ3n) is 3.07. The van der Waals surface area contributed by atoms with Gasteiger partial charge in [-0.2, -0.15) is 0 Å². The molecular weight excluding hydrogens is 240 g/mol. The summed E-state index contributed by atoms with van der Waals surface area (Å²) in [5, 5.41) is 11.9. The number of carbonyl (C=O) groups is 1. The molecule has 0 saturated carbocycles. The lowest BCUT2D eigenvalue weighted by atomic mass is 10.0. The summed E-state index contributed by atoms with van der Waals surface area (Å²) in [6, 6.07) is 10.2. The van der Waals surface area contributed by atoms with Crippen molar-refractivity contribution in [3.63, 3.8) is 0 Å². The van der Waals surface area contributed by atoms with Gasteiger partial charge in [-0.1, -0.05) is 43.7 Å². The van der Waals surface area contributed by atoms with E-state index in [1.165, 1.54) is 10.5 Å². The minimum Gasteiger partial charge on any atom is -0.395 e. The molecule has 2 N–H and O–H groups in total. The van der Waals surface area contributed by atoms with Gasteiger partial charge in [-0.25, -0.2) is 4.79 Å². The van der Waals surface area contributed by atoms with Crippen molar-refractivity contribution < 1.29 is 9.90 Å². The third-order valence-corrected chi connectivity index (χ3v) is 3.07. The predicted molar refractivity (Wildman–Crippen MR) is 77.1 cm³/mol. The molecule has 106 valence electrons. The van der Waals surface area contributed by atoms with E-state index in [4.69, 9.17) is 5.11 Å². The van der Waals surface area contributed by atoms with Gasteiger partial charge in [0.1, 0.15) is 0 Å². The number of hydrogen-bond acceptors (Lipinski definition) is 2. The maximum absolute atomic E-state index is 11.9. The van der Waals surface area contributed by atoms with E-state index in [9.17, 15) is 4.79 Å². The lowest BCUT2D eigenvalue weighted by molar-refractivity contribution is 0.186. The summed E-state index contributed by atoms with van der Waals surface area (Å²) < 4.78 is 0. The van der Waals surface area contributed by atoms with Crippen molar-refractivity contribution >= 4 is 6.03 Å². The van der Waals surface area contributed by atoms with Crippen LogP contribution < -0.4 is 5.32 Å². The molecule has 0 spiro atoms. The second-order valence-corrected chi connectivity index (χ2v) is 4.77. The maximum atomic E-state index is 11.9. The molecular formula is C15H24N2O2. The molecule has 1 rings (SSSR count). The molecule has 0 bridgehead atoms. The number of benzene rings is 1. The number of nitrogens with zero attached hydrogens (tertiary/aromatic N) is 1. The van der Waals surface area contributed by atoms with Gasteiger partial charge in [-0.05, 0) is 18.4 Å². The highest BCUT2D eigenvalue weighted by atomic mass is 16.3. The van der Waals surface area contributed by atoms with E-state index in [1.807, 2.05) is 18.2 Å². The summed E-state index contributed by atoms with van der Waals surface area (Å²) >= 11 is 0. The molecule has 19 heavy (non-hydrogen) atoms. The number of urea groups is 1. The number of likely N-dealkylation sites (N-methyl/N-ethyl adjacent to an activating group) is 1. The maximum Gasteiger partial charge on any atom is 0.317 e. The average Bonchev–Trinajstić information content (AvgIpc) is 2.40. The van der Waals surface area contributed by atoms with Gasteiger partial charge in [-0.3, -0.25) is 0 Å². The van der Waals surface area contributed by atoms with Gasteiger partial charge in [0, 0.05) is 19.6 Å². The van der Waals surface area contributed by atoms with Crippen molar-refractivity contribution in [2.75, 3.05) is 20.2 Å². The molecule has 0 saturated heterocycles. The van der Waals surface area contributed by atoms with Crippen LogP contribution >= 0.6 is 0 Å². The first-order chi connectivity index (χ1) is 9.17. The number of amides is 2. The van der Waals surface area contributed by atoms with Crippen LogP contribution in [-0.2, 0) is 6.42 Å². The van der Waals surface area contributed by atoms with Crippen LogP contribution in [0.25, 0.3) is 0 Å². The standard InChI is InChI=1S/C15H24N2O2/c1-3-7-14(12-13-8-5-4-6-9-13)16-15(19)17(2)10-11-18/h4-6,8-9,14,18H,3,7,10-12H2,1-2H3,(H,16,19). The Bertz CT molecular complexity index is 368. The van der Waals surface area contributed by atoms with Gasteiger partial charge >= 0.3 is 6.03 Å². The zero-order valence-corrected chi connectivity index (χ0v) is 11.8. The molecule has 0 aliphatic heterocycles. The lowest BCUT2D eigenvalue weighted by Crippen LogP contribution is -2.44. The number of aliphatic hydroxyl groups is 1. The van der Waals surface area contributed by atoms with E-state index in [0.29, 0.717) is 6.54 Å². The van der Waals surface area contributed by atoms with Gasteiger partial charge in [0.25, 0.3) is 0 Å². The summed E-state index contributed by atoms with van der Waals surface area (Å²) in [4.78, 5) is 13.4. The van der Waals surface area contributed by atoms with E-state index in [-0.39, 0.29) is 18.7 Å². The van der Waals surface area contributed by atoms with Crippen molar-refractivity contribution in [3.05, 3.63) is 35.9 Å². The number of rotatable bonds is 7. The molecule has 4 nitrogen and oxygen atoms in total. The molecule has 0 fully saturated rings. The Balaban J connectivity index is 2.55. The second kappa shape index (κ2) is 8.53. The highest BCUT2D eigenvalue weighted by Crippen LogP contribution is 2.08. The highest BCUT2D eigenvalue weighted by Gasteiger charge is 2.14. The number of aliphatic hydroxyl groups excluding tert-OH is 1. The monoisotopic (exact) mass is 264 g/mol. The summed E-state index contributed by atoms with van der Waals surface area (Å²) in [5.74, 6) is 0. The Morgan fingerprint density at radius 1 is 1.37 bits per heavy atom. The minimum atomic E-state index is -0.122. The molecule has 0 aliphatic rings. The Morgan fingerprint density at radius 3 is 2.63 bits per heavy atom. The normalized spacial score (nSPS) is 11.9. The highest BCUT2D eigenvalue weighted by molar-refractivity contribution is 5.74. The van der Waals surface area contributed by atoms with Gasteiger partial charge in [-0.15, -0.1) is 0 Å². The van der Waals surface area contributed by atoms with Crippen LogP contribution in [0.2, 0.25) is 0 Å². The van der Waals surface area contributed by atoms with E-state index < -0.39 is 0 Å². The smallest absolute Gasteiger partial charge is 0.317 e. The van der Waals surface area contributed by atoms with Crippen LogP contribution in [0.1, 0.15) is 25.3 Å². The number of carbonyl (C=O) groups excluding carboxylic acids is 1. The SMILES string of the molecule is CCCC(Cc1ccccc1)NC(=O)N(C)CCO. The van der Waals surface area contributed by atoms with Gasteiger partial charge < -0.3 is 15.3 Å². The van der Waals surface area contributed by atoms with Crippen molar-refractivity contribution in [1.82, 2.24) is 10.2 Å². The molecule has 0 heterocycles. The van der Waals surface area contributed by atoms with Crippen LogP contribution in [-0.4, -0.2) is 42.3 Å². The van der Waals surface area contributed by atoms with Crippen LogP contribution in [0.4, 0.5) is 4.79 Å². The summed E-state index contributed by atoms with van der Waals surface area (Å²) in [6.07, 6.45) is 2.82. The quantitative estimate of drug-likeness (QED) is 0.791. The van der Waals surface area contributed by atoms with Crippen molar-refractivity contribution in [1.29, 1.82) is 0 Å². The average molecular weight is 264 g/mol. The second-order valence-electron chi connectivity index (χ2n) is 4.77. The Morgan fingerprint density at radius 2 is 2.05 bits per heavy atom. The summed E-state index contributed by atoms with van der Waals surface area (Å²) in [6.45, 7) is 2.46. The van der Waals surface area contributed by atoms with Crippen molar-refractivity contribution in [2.45, 2.75) is 32.2 Å². The largest absolute Gasteiger partial charge is 0.395 e. The fourth-order valence-corrected chi connectivity index (χ4v) is 2.01. The summed E-state index contributed by atoms with van der Waals surface area (Å²) in [5.41, 5.74) is 1.23. The molecule has 1 aromatic rings. The molecule has 0 aliphatic carbocycles. The zero-order valence-electron chi connectivity index (χ0n) is 11.8. The molecule has 0 aromatic heterocycles. The minimum absolute atomic E-state index is 0.0128. The predicted octanol–water partition coefficient (Wildman–Crippen LogP) is 2.03.